The van der Waals surface area contributed by atoms with Crippen LogP contribution in [0, 0.1) is 19.3 Å². The fraction of sp³-hybridized carbons (Fsp3) is 0.364. The number of ketones is 1. The van der Waals surface area contributed by atoms with Crippen LogP contribution in [0.5, 0.6) is 0 Å². The van der Waals surface area contributed by atoms with Crippen LogP contribution in [0.4, 0.5) is 0 Å². The molecule has 0 unspecified atom stereocenters. The van der Waals surface area contributed by atoms with Gasteiger partial charge >= 0.3 is 0 Å². The third-order valence-electron chi connectivity index (χ3n) is 5.16. The van der Waals surface area contributed by atoms with Crippen LogP contribution in [0.1, 0.15) is 69.8 Å². The van der Waals surface area contributed by atoms with Crippen molar-refractivity contribution in [1.82, 2.24) is 5.32 Å². The molecule has 3 rings (SSSR count). The highest BCUT2D eigenvalue weighted by atomic mass is 16.2. The predicted molar refractivity (Wildman–Crippen MR) is 100 cm³/mol. The fourth-order valence-electron chi connectivity index (χ4n) is 3.83. The summed E-state index contributed by atoms with van der Waals surface area (Å²) in [6.45, 7) is 9.80. The zero-order chi connectivity index (χ0) is 18.4. The summed E-state index contributed by atoms with van der Waals surface area (Å²) in [6, 6.07) is 11.8. The van der Waals surface area contributed by atoms with Gasteiger partial charge < -0.3 is 5.32 Å². The van der Waals surface area contributed by atoms with Gasteiger partial charge in [-0.2, -0.15) is 0 Å². The Morgan fingerprint density at radius 1 is 1.12 bits per heavy atom. The van der Waals surface area contributed by atoms with Gasteiger partial charge in [-0.25, -0.2) is 0 Å². The zero-order valence-corrected chi connectivity index (χ0v) is 15.6. The van der Waals surface area contributed by atoms with Crippen LogP contribution in [0.15, 0.2) is 36.4 Å². The number of fused-ring (bicyclic) bond motifs is 1. The molecule has 1 N–H and O–H groups in total. The highest BCUT2D eigenvalue weighted by molar-refractivity contribution is 6.10. The van der Waals surface area contributed by atoms with Crippen LogP contribution in [-0.2, 0) is 6.42 Å². The van der Waals surface area contributed by atoms with E-state index in [1.807, 2.05) is 71.0 Å². The van der Waals surface area contributed by atoms with Gasteiger partial charge in [-0.05, 0) is 49.4 Å². The monoisotopic (exact) mass is 335 g/mol. The number of hydrogen-bond donors (Lipinski definition) is 1. The molecule has 25 heavy (non-hydrogen) atoms. The quantitative estimate of drug-likeness (QED) is 0.894. The molecule has 3 heteroatoms. The molecule has 0 saturated heterocycles. The lowest BCUT2D eigenvalue weighted by atomic mass is 9.88. The second-order valence-corrected chi connectivity index (χ2v) is 7.73. The normalized spacial score (nSPS) is 16.4. The second kappa shape index (κ2) is 6.14. The smallest absolute Gasteiger partial charge is 0.252 e. The maximum absolute atomic E-state index is 13.0. The summed E-state index contributed by atoms with van der Waals surface area (Å²) in [4.78, 5) is 25.8. The first-order chi connectivity index (χ1) is 11.7. The van der Waals surface area contributed by atoms with Gasteiger partial charge in [-0.15, -0.1) is 0 Å². The van der Waals surface area contributed by atoms with E-state index in [4.69, 9.17) is 0 Å². The van der Waals surface area contributed by atoms with Crippen molar-refractivity contribution in [3.8, 4) is 0 Å². The van der Waals surface area contributed by atoms with Crippen LogP contribution < -0.4 is 5.32 Å². The minimum Gasteiger partial charge on any atom is -0.346 e. The van der Waals surface area contributed by atoms with E-state index in [-0.39, 0.29) is 17.7 Å². The van der Waals surface area contributed by atoms with E-state index < -0.39 is 5.41 Å². The van der Waals surface area contributed by atoms with Crippen molar-refractivity contribution in [2.45, 2.75) is 47.1 Å². The lowest BCUT2D eigenvalue weighted by Gasteiger charge is -2.18. The van der Waals surface area contributed by atoms with Crippen LogP contribution >= 0.6 is 0 Å². The Labute approximate surface area is 149 Å². The molecule has 3 nitrogen and oxygen atoms in total. The molecule has 130 valence electrons. The molecule has 0 aromatic heterocycles. The molecule has 1 amide bonds. The van der Waals surface area contributed by atoms with Crippen molar-refractivity contribution < 1.29 is 9.59 Å². The van der Waals surface area contributed by atoms with Crippen molar-refractivity contribution in [3.63, 3.8) is 0 Å². The molecule has 1 aliphatic rings. The summed E-state index contributed by atoms with van der Waals surface area (Å²) in [6.07, 6.45) is 0.617. The Kier molecular flexibility index (Phi) is 4.28. The number of rotatable bonds is 3. The number of nitrogens with one attached hydrogen (secondary N) is 1. The Morgan fingerprint density at radius 2 is 1.76 bits per heavy atom. The van der Waals surface area contributed by atoms with Crippen molar-refractivity contribution in [2.24, 2.45) is 5.41 Å². The molecule has 0 aliphatic heterocycles. The van der Waals surface area contributed by atoms with E-state index in [0.29, 0.717) is 12.0 Å². The fourth-order valence-corrected chi connectivity index (χ4v) is 3.83. The van der Waals surface area contributed by atoms with Crippen LogP contribution in [0.2, 0.25) is 0 Å². The first-order valence-electron chi connectivity index (χ1n) is 8.76. The van der Waals surface area contributed by atoms with Crippen LogP contribution in [-0.4, -0.2) is 11.7 Å². The van der Waals surface area contributed by atoms with Gasteiger partial charge in [-0.1, -0.05) is 50.2 Å². The van der Waals surface area contributed by atoms with Gasteiger partial charge in [0.25, 0.3) is 5.91 Å². The standard InChI is InChI=1S/C22H25NO2/c1-13-11-14(2)19(17-12-22(4,5)20(24)18(13)17)21(25)23-15(3)16-9-7-6-8-10-16/h6-11,15H,12H2,1-5H3,(H,23,25)/t15-/m1/s1. The molecule has 0 heterocycles. The number of carbonyl (C=O) groups excluding carboxylic acids is 2. The average molecular weight is 335 g/mol. The van der Waals surface area contributed by atoms with E-state index in [1.54, 1.807) is 0 Å². The Hall–Kier alpha value is -2.42. The highest BCUT2D eigenvalue weighted by Crippen LogP contribution is 2.40. The van der Waals surface area contributed by atoms with Gasteiger partial charge in [0.2, 0.25) is 0 Å². The predicted octanol–water partition coefficient (Wildman–Crippen LogP) is 4.56. The highest BCUT2D eigenvalue weighted by Gasteiger charge is 2.41. The van der Waals surface area contributed by atoms with Crippen molar-refractivity contribution >= 4 is 11.7 Å². The summed E-state index contributed by atoms with van der Waals surface area (Å²) in [5.41, 5.74) is 4.84. The van der Waals surface area contributed by atoms with Crippen LogP contribution in [0.25, 0.3) is 0 Å². The molecule has 0 bridgehead atoms. The van der Waals surface area contributed by atoms with Crippen LogP contribution in [0.3, 0.4) is 0 Å². The molecular formula is C22H25NO2. The molecular weight excluding hydrogens is 310 g/mol. The molecule has 0 saturated carbocycles. The van der Waals surface area contributed by atoms with E-state index in [1.165, 1.54) is 0 Å². The number of carbonyl (C=O) groups is 2. The number of benzene rings is 2. The topological polar surface area (TPSA) is 46.2 Å². The Balaban J connectivity index is 1.99. The second-order valence-electron chi connectivity index (χ2n) is 7.73. The summed E-state index contributed by atoms with van der Waals surface area (Å²) < 4.78 is 0. The minimum atomic E-state index is -0.443. The first kappa shape index (κ1) is 17.4. The molecule has 1 aliphatic carbocycles. The molecule has 2 aromatic rings. The number of hydrogen-bond acceptors (Lipinski definition) is 2. The van der Waals surface area contributed by atoms with Crippen molar-refractivity contribution in [3.05, 3.63) is 69.8 Å². The van der Waals surface area contributed by atoms with Gasteiger partial charge in [0.1, 0.15) is 0 Å². The number of Topliss-reactive ketones (excluding diaryl/α,β-unsaturated/α-hetero) is 1. The number of aryl methyl sites for hydroxylation is 2. The van der Waals surface area contributed by atoms with E-state index in [2.05, 4.69) is 5.32 Å². The largest absolute Gasteiger partial charge is 0.346 e. The lowest BCUT2D eigenvalue weighted by Crippen LogP contribution is -2.28. The van der Waals surface area contributed by atoms with Gasteiger partial charge in [0.05, 0.1) is 6.04 Å². The average Bonchev–Trinajstić information content (AvgIpc) is 2.78. The molecule has 2 aromatic carbocycles. The van der Waals surface area contributed by atoms with Crippen molar-refractivity contribution in [2.75, 3.05) is 0 Å². The molecule has 1 atom stereocenters. The third kappa shape index (κ3) is 2.99. The minimum absolute atomic E-state index is 0.0878. The summed E-state index contributed by atoms with van der Waals surface area (Å²) in [5, 5.41) is 3.09. The van der Waals surface area contributed by atoms with Gasteiger partial charge in [0, 0.05) is 16.5 Å². The van der Waals surface area contributed by atoms with E-state index in [0.717, 1.165) is 27.8 Å². The van der Waals surface area contributed by atoms with Crippen molar-refractivity contribution in [1.29, 1.82) is 0 Å². The maximum atomic E-state index is 13.0. The summed E-state index contributed by atoms with van der Waals surface area (Å²) >= 11 is 0. The van der Waals surface area contributed by atoms with E-state index >= 15 is 0 Å². The van der Waals surface area contributed by atoms with Gasteiger partial charge in [-0.3, -0.25) is 9.59 Å². The van der Waals surface area contributed by atoms with Gasteiger partial charge in [0.15, 0.2) is 5.78 Å². The third-order valence-corrected chi connectivity index (χ3v) is 5.16. The van der Waals surface area contributed by atoms with E-state index in [9.17, 15) is 9.59 Å². The lowest BCUT2D eigenvalue weighted by molar-refractivity contribution is 0.0861. The number of amides is 1. The zero-order valence-electron chi connectivity index (χ0n) is 15.6. The Morgan fingerprint density at radius 3 is 2.40 bits per heavy atom. The molecule has 0 spiro atoms. The molecule has 0 fully saturated rings. The molecule has 0 radical (unpaired) electrons. The summed E-state index contributed by atoms with van der Waals surface area (Å²) in [5.74, 6) is 0.0424. The Bertz CT molecular complexity index is 850. The summed E-state index contributed by atoms with van der Waals surface area (Å²) in [7, 11) is 0. The SMILES string of the molecule is Cc1cc(C)c2c(c1C(=O)N[C@H](C)c1ccccc1)CC(C)(C)C2=O. The first-order valence-corrected chi connectivity index (χ1v) is 8.76. The maximum Gasteiger partial charge on any atom is 0.252 e.